The number of carbonyl (C=O) groups excluding carboxylic acids is 1. The van der Waals surface area contributed by atoms with Crippen molar-refractivity contribution in [2.24, 2.45) is 0 Å². The molecule has 0 fully saturated rings. The standard InChI is InChI=1S/C15H14BrClN2O/c1-10(20)19-15-5-3-2-4-11(15)9-18-12-6-7-13(16)14(17)8-12/h2-8,18H,9H2,1H3,(H,19,20). The number of amides is 1. The molecule has 0 aromatic heterocycles. The van der Waals surface area contributed by atoms with Gasteiger partial charge in [-0.3, -0.25) is 4.79 Å². The largest absolute Gasteiger partial charge is 0.381 e. The summed E-state index contributed by atoms with van der Waals surface area (Å²) < 4.78 is 0.864. The first-order chi connectivity index (χ1) is 9.56. The van der Waals surface area contributed by atoms with Crippen LogP contribution in [0.2, 0.25) is 5.02 Å². The smallest absolute Gasteiger partial charge is 0.221 e. The van der Waals surface area contributed by atoms with Gasteiger partial charge in [-0.05, 0) is 45.8 Å². The summed E-state index contributed by atoms with van der Waals surface area (Å²) in [5.74, 6) is -0.0795. The second-order valence-corrected chi connectivity index (χ2v) is 5.58. The van der Waals surface area contributed by atoms with E-state index in [1.54, 1.807) is 0 Å². The summed E-state index contributed by atoms with van der Waals surface area (Å²) in [5.41, 5.74) is 2.76. The molecule has 0 atom stereocenters. The second kappa shape index (κ2) is 6.77. The van der Waals surface area contributed by atoms with Crippen molar-refractivity contribution in [3.05, 3.63) is 57.5 Å². The van der Waals surface area contributed by atoms with E-state index in [0.717, 1.165) is 21.4 Å². The zero-order valence-corrected chi connectivity index (χ0v) is 13.3. The summed E-state index contributed by atoms with van der Waals surface area (Å²) in [4.78, 5) is 11.2. The van der Waals surface area contributed by atoms with Crippen LogP contribution in [-0.4, -0.2) is 5.91 Å². The Morgan fingerprint density at radius 3 is 2.70 bits per heavy atom. The average Bonchev–Trinajstić information content (AvgIpc) is 2.41. The number of halogens is 2. The van der Waals surface area contributed by atoms with E-state index in [1.807, 2.05) is 42.5 Å². The van der Waals surface area contributed by atoms with Gasteiger partial charge in [0.15, 0.2) is 0 Å². The third-order valence-corrected chi connectivity index (χ3v) is 3.96. The monoisotopic (exact) mass is 352 g/mol. The fraction of sp³-hybridized carbons (Fsp3) is 0.133. The van der Waals surface area contributed by atoms with E-state index in [0.29, 0.717) is 11.6 Å². The Morgan fingerprint density at radius 2 is 2.00 bits per heavy atom. The molecule has 0 radical (unpaired) electrons. The van der Waals surface area contributed by atoms with Crippen LogP contribution in [-0.2, 0) is 11.3 Å². The number of carbonyl (C=O) groups is 1. The number of benzene rings is 2. The summed E-state index contributed by atoms with van der Waals surface area (Å²) >= 11 is 9.41. The van der Waals surface area contributed by atoms with E-state index in [2.05, 4.69) is 26.6 Å². The molecular weight excluding hydrogens is 340 g/mol. The summed E-state index contributed by atoms with van der Waals surface area (Å²) in [5, 5.41) is 6.76. The van der Waals surface area contributed by atoms with Crippen LogP contribution in [0.1, 0.15) is 12.5 Å². The molecule has 0 aliphatic carbocycles. The van der Waals surface area contributed by atoms with Gasteiger partial charge in [-0.1, -0.05) is 29.8 Å². The van der Waals surface area contributed by atoms with Crippen LogP contribution in [0.25, 0.3) is 0 Å². The van der Waals surface area contributed by atoms with Crippen molar-refractivity contribution in [1.82, 2.24) is 0 Å². The first-order valence-corrected chi connectivity index (χ1v) is 7.28. The van der Waals surface area contributed by atoms with Crippen LogP contribution in [0.4, 0.5) is 11.4 Å². The summed E-state index contributed by atoms with van der Waals surface area (Å²) in [7, 11) is 0. The molecule has 0 heterocycles. The van der Waals surface area contributed by atoms with Gasteiger partial charge < -0.3 is 10.6 Å². The first-order valence-electron chi connectivity index (χ1n) is 6.10. The van der Waals surface area contributed by atoms with Crippen LogP contribution >= 0.6 is 27.5 Å². The molecule has 2 aromatic rings. The molecule has 0 spiro atoms. The third-order valence-electron chi connectivity index (χ3n) is 2.73. The Morgan fingerprint density at radius 1 is 1.25 bits per heavy atom. The lowest BCUT2D eigenvalue weighted by Gasteiger charge is -2.12. The zero-order chi connectivity index (χ0) is 14.5. The predicted molar refractivity (Wildman–Crippen MR) is 87.2 cm³/mol. The summed E-state index contributed by atoms with van der Waals surface area (Å²) in [6, 6.07) is 13.4. The van der Waals surface area contributed by atoms with Crippen molar-refractivity contribution >= 4 is 44.8 Å². The first kappa shape index (κ1) is 14.9. The SMILES string of the molecule is CC(=O)Nc1ccccc1CNc1ccc(Br)c(Cl)c1. The molecule has 1 amide bonds. The molecule has 5 heteroatoms. The molecule has 0 unspecified atom stereocenters. The Bertz CT molecular complexity index is 631. The quantitative estimate of drug-likeness (QED) is 0.838. The number of hydrogen-bond donors (Lipinski definition) is 2. The summed E-state index contributed by atoms with van der Waals surface area (Å²) in [6.07, 6.45) is 0. The van der Waals surface area contributed by atoms with Crippen molar-refractivity contribution in [1.29, 1.82) is 0 Å². The molecule has 0 aliphatic heterocycles. The number of nitrogens with one attached hydrogen (secondary N) is 2. The van der Waals surface area contributed by atoms with Crippen molar-refractivity contribution in [3.63, 3.8) is 0 Å². The molecule has 2 aromatic carbocycles. The van der Waals surface area contributed by atoms with Gasteiger partial charge in [0.1, 0.15) is 0 Å². The zero-order valence-electron chi connectivity index (χ0n) is 10.9. The highest BCUT2D eigenvalue weighted by atomic mass is 79.9. The molecule has 0 bridgehead atoms. The van der Waals surface area contributed by atoms with Crippen LogP contribution in [0, 0.1) is 0 Å². The average molecular weight is 354 g/mol. The second-order valence-electron chi connectivity index (χ2n) is 4.32. The molecule has 2 N–H and O–H groups in total. The minimum absolute atomic E-state index is 0.0795. The molecular formula is C15H14BrClN2O. The Hall–Kier alpha value is -1.52. The number of rotatable bonds is 4. The molecule has 20 heavy (non-hydrogen) atoms. The summed E-state index contributed by atoms with van der Waals surface area (Å²) in [6.45, 7) is 2.10. The number of hydrogen-bond acceptors (Lipinski definition) is 2. The molecule has 104 valence electrons. The van der Waals surface area contributed by atoms with Crippen LogP contribution in [0.15, 0.2) is 46.9 Å². The third kappa shape index (κ3) is 3.99. The van der Waals surface area contributed by atoms with Crippen molar-refractivity contribution in [2.75, 3.05) is 10.6 Å². The molecule has 0 saturated carbocycles. The Balaban J connectivity index is 2.10. The highest BCUT2D eigenvalue weighted by molar-refractivity contribution is 9.10. The predicted octanol–water partition coefficient (Wildman–Crippen LogP) is 4.67. The van der Waals surface area contributed by atoms with E-state index in [-0.39, 0.29) is 5.91 Å². The highest BCUT2D eigenvalue weighted by Crippen LogP contribution is 2.26. The maximum Gasteiger partial charge on any atom is 0.221 e. The van der Waals surface area contributed by atoms with Crippen molar-refractivity contribution in [2.45, 2.75) is 13.5 Å². The van der Waals surface area contributed by atoms with Gasteiger partial charge in [0.2, 0.25) is 5.91 Å². The minimum Gasteiger partial charge on any atom is -0.381 e. The van der Waals surface area contributed by atoms with Gasteiger partial charge in [0, 0.05) is 29.3 Å². The fourth-order valence-electron chi connectivity index (χ4n) is 1.79. The number of para-hydroxylation sites is 1. The normalized spacial score (nSPS) is 10.2. The lowest BCUT2D eigenvalue weighted by Crippen LogP contribution is -2.10. The van der Waals surface area contributed by atoms with Gasteiger partial charge in [0.25, 0.3) is 0 Å². The van der Waals surface area contributed by atoms with Gasteiger partial charge in [-0.2, -0.15) is 0 Å². The molecule has 3 nitrogen and oxygen atoms in total. The van der Waals surface area contributed by atoms with Crippen molar-refractivity contribution in [3.8, 4) is 0 Å². The van der Waals surface area contributed by atoms with Crippen molar-refractivity contribution < 1.29 is 4.79 Å². The lowest BCUT2D eigenvalue weighted by atomic mass is 10.1. The minimum atomic E-state index is -0.0795. The van der Waals surface area contributed by atoms with E-state index < -0.39 is 0 Å². The number of anilines is 2. The van der Waals surface area contributed by atoms with E-state index >= 15 is 0 Å². The highest BCUT2D eigenvalue weighted by Gasteiger charge is 2.04. The van der Waals surface area contributed by atoms with Crippen LogP contribution in [0.3, 0.4) is 0 Å². The Kier molecular flexibility index (Phi) is 5.04. The van der Waals surface area contributed by atoms with E-state index in [4.69, 9.17) is 11.6 Å². The topological polar surface area (TPSA) is 41.1 Å². The molecule has 0 aliphatic rings. The fourth-order valence-corrected chi connectivity index (χ4v) is 2.22. The van der Waals surface area contributed by atoms with Crippen LogP contribution < -0.4 is 10.6 Å². The van der Waals surface area contributed by atoms with E-state index in [1.165, 1.54) is 6.92 Å². The maximum absolute atomic E-state index is 11.2. The maximum atomic E-state index is 11.2. The molecule has 2 rings (SSSR count). The molecule has 0 saturated heterocycles. The van der Waals surface area contributed by atoms with Gasteiger partial charge in [0.05, 0.1) is 5.02 Å². The van der Waals surface area contributed by atoms with Crippen LogP contribution in [0.5, 0.6) is 0 Å². The Labute approximate surface area is 131 Å². The van der Waals surface area contributed by atoms with Gasteiger partial charge in [-0.15, -0.1) is 0 Å². The van der Waals surface area contributed by atoms with Gasteiger partial charge in [-0.25, -0.2) is 0 Å². The van der Waals surface area contributed by atoms with E-state index in [9.17, 15) is 4.79 Å². The lowest BCUT2D eigenvalue weighted by molar-refractivity contribution is -0.114. The van der Waals surface area contributed by atoms with Gasteiger partial charge >= 0.3 is 0 Å².